The molecule has 0 bridgehead atoms. The van der Waals surface area contributed by atoms with Gasteiger partial charge < -0.3 is 23.7 Å². The lowest BCUT2D eigenvalue weighted by molar-refractivity contribution is -0.245. The van der Waals surface area contributed by atoms with E-state index in [0.29, 0.717) is 19.8 Å². The molecule has 0 saturated carbocycles. The molecule has 1 saturated heterocycles. The first kappa shape index (κ1) is 33.6. The van der Waals surface area contributed by atoms with Crippen LogP contribution in [0.1, 0.15) is 16.7 Å². The summed E-state index contributed by atoms with van der Waals surface area (Å²) in [6.07, 6.45) is 3.21. The predicted octanol–water partition coefficient (Wildman–Crippen LogP) is 8.23. The summed E-state index contributed by atoms with van der Waals surface area (Å²) in [5.41, 5.74) is 1.68. The van der Waals surface area contributed by atoms with Crippen LogP contribution in [0.2, 0.25) is 0 Å². The number of ether oxygens (including phenoxy) is 5. The first-order valence-electron chi connectivity index (χ1n) is 15.6. The van der Waals surface area contributed by atoms with Crippen molar-refractivity contribution in [1.82, 2.24) is 0 Å². The zero-order valence-corrected chi connectivity index (χ0v) is 26.9. The van der Waals surface area contributed by atoms with Crippen LogP contribution < -0.4 is 0 Å². The molecule has 5 nitrogen and oxygen atoms in total. The van der Waals surface area contributed by atoms with Gasteiger partial charge in [0.15, 0.2) is 0 Å². The summed E-state index contributed by atoms with van der Waals surface area (Å²) in [6.45, 7) is 12.8. The molecule has 0 N–H and O–H groups in total. The summed E-state index contributed by atoms with van der Waals surface area (Å²) >= 11 is 1.59. The molecule has 4 aromatic rings. The molecule has 1 heterocycles. The summed E-state index contributed by atoms with van der Waals surface area (Å²) in [7, 11) is 0. The van der Waals surface area contributed by atoms with E-state index in [1.807, 2.05) is 72.8 Å². The standard InChI is InChI=1S/C40H42O5S/c1-4-27-41-36-35(45-39(46-34-25-17-10-18-26-34)38(43-29-6-3)37(36)42-28-5-2)30-44-40(31-19-11-7-12-20-31,32-21-13-8-14-22-32)33-23-15-9-16-24-33/h4-26,35-39H,1-3,27-30H2/t35-,36+,37+,38+,39+/m0/s1. The maximum atomic E-state index is 7.23. The molecule has 1 fully saturated rings. The predicted molar refractivity (Wildman–Crippen MR) is 186 cm³/mol. The fourth-order valence-corrected chi connectivity index (χ4v) is 6.97. The van der Waals surface area contributed by atoms with Crippen LogP contribution in [0.5, 0.6) is 0 Å². The third-order valence-electron chi connectivity index (χ3n) is 7.81. The Kier molecular flexibility index (Phi) is 12.6. The molecule has 5 atom stereocenters. The molecule has 6 heteroatoms. The lowest BCUT2D eigenvalue weighted by Gasteiger charge is -2.47. The van der Waals surface area contributed by atoms with Crippen LogP contribution in [0.25, 0.3) is 0 Å². The van der Waals surface area contributed by atoms with Gasteiger partial charge in [0, 0.05) is 4.90 Å². The van der Waals surface area contributed by atoms with Crippen molar-refractivity contribution in [3.8, 4) is 0 Å². The normalized spacial score (nSPS) is 21.3. The summed E-state index contributed by atoms with van der Waals surface area (Å²) in [6, 6.07) is 41.1. The Labute approximate surface area is 277 Å². The molecule has 0 aliphatic carbocycles. The van der Waals surface area contributed by atoms with Crippen molar-refractivity contribution in [2.75, 3.05) is 26.4 Å². The Morgan fingerprint density at radius 1 is 0.565 bits per heavy atom. The van der Waals surface area contributed by atoms with Crippen LogP contribution in [-0.2, 0) is 29.3 Å². The monoisotopic (exact) mass is 634 g/mol. The van der Waals surface area contributed by atoms with Crippen molar-refractivity contribution in [3.05, 3.63) is 176 Å². The highest BCUT2D eigenvalue weighted by Crippen LogP contribution is 2.42. The lowest BCUT2D eigenvalue weighted by atomic mass is 9.80. The molecule has 238 valence electrons. The largest absolute Gasteiger partial charge is 0.369 e. The molecule has 46 heavy (non-hydrogen) atoms. The molecule has 0 amide bonds. The smallest absolute Gasteiger partial charge is 0.143 e. The number of hydrogen-bond donors (Lipinski definition) is 0. The van der Waals surface area contributed by atoms with Gasteiger partial charge in [-0.3, -0.25) is 0 Å². The van der Waals surface area contributed by atoms with Gasteiger partial charge in [0.25, 0.3) is 0 Å². The van der Waals surface area contributed by atoms with E-state index in [-0.39, 0.29) is 6.61 Å². The van der Waals surface area contributed by atoms with Gasteiger partial charge in [-0.15, -0.1) is 19.7 Å². The first-order chi connectivity index (χ1) is 22.7. The molecule has 0 radical (unpaired) electrons. The van der Waals surface area contributed by atoms with Gasteiger partial charge in [-0.2, -0.15) is 0 Å². The summed E-state index contributed by atoms with van der Waals surface area (Å²) in [4.78, 5) is 1.06. The highest BCUT2D eigenvalue weighted by molar-refractivity contribution is 7.99. The van der Waals surface area contributed by atoms with Crippen molar-refractivity contribution < 1.29 is 23.7 Å². The van der Waals surface area contributed by atoms with Crippen molar-refractivity contribution in [3.63, 3.8) is 0 Å². The SMILES string of the molecule is C=CCO[C@H]1[C@@H](OCC=C)[C@@H](Sc2ccccc2)O[C@@H](COC(c2ccccc2)(c2ccccc2)c2ccccc2)[C@H]1OCC=C. The van der Waals surface area contributed by atoms with Gasteiger partial charge in [0.1, 0.15) is 35.5 Å². The Bertz CT molecular complexity index is 1380. The summed E-state index contributed by atoms with van der Waals surface area (Å²) in [5, 5.41) is 0. The van der Waals surface area contributed by atoms with Gasteiger partial charge in [-0.05, 0) is 28.8 Å². The van der Waals surface area contributed by atoms with E-state index in [2.05, 4.69) is 68.3 Å². The zero-order chi connectivity index (χ0) is 32.0. The van der Waals surface area contributed by atoms with Crippen LogP contribution in [-0.4, -0.2) is 56.3 Å². The molecular formula is C40H42O5S. The molecular weight excluding hydrogens is 593 g/mol. The minimum Gasteiger partial charge on any atom is -0.369 e. The second-order valence-electron chi connectivity index (χ2n) is 10.8. The van der Waals surface area contributed by atoms with E-state index in [0.717, 1.165) is 21.6 Å². The highest BCUT2D eigenvalue weighted by atomic mass is 32.2. The fourth-order valence-electron chi connectivity index (χ4n) is 5.82. The fraction of sp³-hybridized carbons (Fsp3) is 0.250. The minimum absolute atomic E-state index is 0.203. The lowest BCUT2D eigenvalue weighted by Crippen LogP contribution is -2.61. The van der Waals surface area contributed by atoms with Crippen molar-refractivity contribution >= 4 is 11.8 Å². The van der Waals surface area contributed by atoms with E-state index in [4.69, 9.17) is 23.7 Å². The van der Waals surface area contributed by atoms with Crippen molar-refractivity contribution in [2.45, 2.75) is 40.3 Å². The van der Waals surface area contributed by atoms with Gasteiger partial charge >= 0.3 is 0 Å². The van der Waals surface area contributed by atoms with Crippen LogP contribution >= 0.6 is 11.8 Å². The maximum Gasteiger partial charge on any atom is 0.143 e. The van der Waals surface area contributed by atoms with E-state index in [9.17, 15) is 0 Å². The number of hydrogen-bond acceptors (Lipinski definition) is 6. The molecule has 1 aliphatic heterocycles. The topological polar surface area (TPSA) is 46.2 Å². The molecule has 1 aliphatic rings. The first-order valence-corrected chi connectivity index (χ1v) is 16.4. The maximum absolute atomic E-state index is 7.23. The average molecular weight is 635 g/mol. The van der Waals surface area contributed by atoms with E-state index in [1.54, 1.807) is 30.0 Å². The van der Waals surface area contributed by atoms with Crippen molar-refractivity contribution in [1.29, 1.82) is 0 Å². The minimum atomic E-state index is -0.925. The zero-order valence-electron chi connectivity index (χ0n) is 26.1. The van der Waals surface area contributed by atoms with Crippen LogP contribution in [0.4, 0.5) is 0 Å². The van der Waals surface area contributed by atoms with E-state index >= 15 is 0 Å². The molecule has 5 rings (SSSR count). The van der Waals surface area contributed by atoms with Crippen LogP contribution in [0, 0.1) is 0 Å². The van der Waals surface area contributed by atoms with Crippen molar-refractivity contribution in [2.24, 2.45) is 0 Å². The van der Waals surface area contributed by atoms with E-state index in [1.165, 1.54) is 0 Å². The highest BCUT2D eigenvalue weighted by Gasteiger charge is 2.50. The van der Waals surface area contributed by atoms with Gasteiger partial charge in [0.05, 0.1) is 26.4 Å². The Morgan fingerprint density at radius 2 is 0.978 bits per heavy atom. The number of rotatable bonds is 17. The van der Waals surface area contributed by atoms with Gasteiger partial charge in [-0.25, -0.2) is 0 Å². The quantitative estimate of drug-likeness (QED) is 0.0862. The Morgan fingerprint density at radius 3 is 1.43 bits per heavy atom. The van der Waals surface area contributed by atoms with Gasteiger partial charge in [0.2, 0.25) is 0 Å². The Balaban J connectivity index is 1.58. The molecule has 0 spiro atoms. The number of benzene rings is 4. The average Bonchev–Trinajstić information content (AvgIpc) is 3.12. The summed E-state index contributed by atoms with van der Waals surface area (Å²) < 4.78 is 33.4. The third-order valence-corrected chi connectivity index (χ3v) is 8.97. The molecule has 4 aromatic carbocycles. The van der Waals surface area contributed by atoms with E-state index < -0.39 is 35.5 Å². The second-order valence-corrected chi connectivity index (χ2v) is 12.0. The molecule has 0 unspecified atom stereocenters. The number of thioether (sulfide) groups is 1. The summed E-state index contributed by atoms with van der Waals surface area (Å²) in [5.74, 6) is 0. The van der Waals surface area contributed by atoms with Crippen LogP contribution in [0.3, 0.4) is 0 Å². The van der Waals surface area contributed by atoms with Crippen LogP contribution in [0.15, 0.2) is 164 Å². The molecule has 0 aromatic heterocycles. The Hall–Kier alpha value is -3.75. The third kappa shape index (κ3) is 7.96. The second kappa shape index (κ2) is 17.2. The van der Waals surface area contributed by atoms with Gasteiger partial charge in [-0.1, -0.05) is 139 Å².